The largest absolute Gasteiger partial charge is 0.317 e. The molecule has 4 nitrogen and oxygen atoms in total. The lowest BCUT2D eigenvalue weighted by molar-refractivity contribution is 0.365. The van der Waals surface area contributed by atoms with E-state index in [1.807, 2.05) is 13.2 Å². The summed E-state index contributed by atoms with van der Waals surface area (Å²) in [5, 5.41) is 11.7. The van der Waals surface area contributed by atoms with Gasteiger partial charge < -0.3 is 5.32 Å². The fourth-order valence-corrected chi connectivity index (χ4v) is 2.74. The summed E-state index contributed by atoms with van der Waals surface area (Å²) in [5.41, 5.74) is 1.15. The van der Waals surface area contributed by atoms with E-state index in [2.05, 4.69) is 22.6 Å². The molecule has 0 bridgehead atoms. The minimum Gasteiger partial charge on any atom is -0.317 e. The fourth-order valence-electron chi connectivity index (χ4n) is 2.74. The Balaban J connectivity index is 1.88. The highest BCUT2D eigenvalue weighted by Crippen LogP contribution is 2.33. The second-order valence-electron chi connectivity index (χ2n) is 4.85. The van der Waals surface area contributed by atoms with Crippen molar-refractivity contribution in [2.45, 2.75) is 32.6 Å². The van der Waals surface area contributed by atoms with Crippen molar-refractivity contribution in [3.63, 3.8) is 0 Å². The van der Waals surface area contributed by atoms with Crippen molar-refractivity contribution < 1.29 is 0 Å². The Morgan fingerprint density at radius 2 is 2.25 bits per heavy atom. The van der Waals surface area contributed by atoms with Crippen molar-refractivity contribution in [3.8, 4) is 0 Å². The van der Waals surface area contributed by atoms with Crippen LogP contribution in [0.5, 0.6) is 0 Å². The molecular formula is C12H22N4. The molecule has 2 atom stereocenters. The number of nitrogens with zero attached hydrogens (tertiary/aromatic N) is 3. The summed E-state index contributed by atoms with van der Waals surface area (Å²) in [6, 6.07) is 0. The van der Waals surface area contributed by atoms with E-state index in [1.54, 1.807) is 4.68 Å². The molecule has 1 fully saturated rings. The molecule has 16 heavy (non-hydrogen) atoms. The molecule has 0 spiro atoms. The van der Waals surface area contributed by atoms with E-state index in [-0.39, 0.29) is 0 Å². The van der Waals surface area contributed by atoms with E-state index >= 15 is 0 Å². The normalized spacial score (nSPS) is 25.1. The topological polar surface area (TPSA) is 42.7 Å². The van der Waals surface area contributed by atoms with Gasteiger partial charge in [-0.25, -0.2) is 0 Å². The van der Waals surface area contributed by atoms with E-state index in [9.17, 15) is 0 Å². The zero-order valence-electron chi connectivity index (χ0n) is 10.3. The van der Waals surface area contributed by atoms with Crippen LogP contribution < -0.4 is 5.32 Å². The molecule has 1 aromatic rings. The molecule has 1 aliphatic rings. The first-order valence-corrected chi connectivity index (χ1v) is 6.35. The molecule has 0 saturated heterocycles. The van der Waals surface area contributed by atoms with E-state index < -0.39 is 0 Å². The summed E-state index contributed by atoms with van der Waals surface area (Å²) in [5.74, 6) is 1.64. The lowest BCUT2D eigenvalue weighted by Gasteiger charge is -2.18. The molecule has 1 N–H and O–H groups in total. The molecule has 1 aliphatic carbocycles. The maximum atomic E-state index is 4.19. The first-order valence-electron chi connectivity index (χ1n) is 6.35. The van der Waals surface area contributed by atoms with Gasteiger partial charge in [0.25, 0.3) is 0 Å². The number of nitrogens with one attached hydrogen (secondary N) is 1. The van der Waals surface area contributed by atoms with Gasteiger partial charge in [-0.15, -0.1) is 5.10 Å². The number of hydrogen-bond acceptors (Lipinski definition) is 3. The SMILES string of the molecule is CCNCC1CCCC1Cc1cn(C)nn1. The standard InChI is InChI=1S/C12H22N4/c1-3-13-8-11-6-4-5-10(11)7-12-9-16(2)15-14-12/h9-11,13H,3-8H2,1-2H3. The molecule has 1 aromatic heterocycles. The van der Waals surface area contributed by atoms with Gasteiger partial charge in [-0.2, -0.15) is 0 Å². The second kappa shape index (κ2) is 5.43. The lowest BCUT2D eigenvalue weighted by Crippen LogP contribution is -2.26. The van der Waals surface area contributed by atoms with Crippen LogP contribution in [-0.2, 0) is 13.5 Å². The second-order valence-corrected chi connectivity index (χ2v) is 4.85. The lowest BCUT2D eigenvalue weighted by atomic mass is 9.92. The van der Waals surface area contributed by atoms with Crippen molar-refractivity contribution in [2.24, 2.45) is 18.9 Å². The van der Waals surface area contributed by atoms with Gasteiger partial charge in [-0.05, 0) is 44.2 Å². The Kier molecular flexibility index (Phi) is 3.93. The number of aromatic nitrogens is 3. The third-order valence-corrected chi connectivity index (χ3v) is 3.59. The molecule has 1 saturated carbocycles. The van der Waals surface area contributed by atoms with Crippen molar-refractivity contribution in [1.29, 1.82) is 0 Å². The third kappa shape index (κ3) is 2.82. The first-order chi connectivity index (χ1) is 7.79. The Bertz CT molecular complexity index is 321. The summed E-state index contributed by atoms with van der Waals surface area (Å²) >= 11 is 0. The van der Waals surface area contributed by atoms with Crippen molar-refractivity contribution >= 4 is 0 Å². The van der Waals surface area contributed by atoms with Crippen molar-refractivity contribution in [3.05, 3.63) is 11.9 Å². The Morgan fingerprint density at radius 1 is 1.44 bits per heavy atom. The summed E-state index contributed by atoms with van der Waals surface area (Å²) in [6.07, 6.45) is 7.25. The van der Waals surface area contributed by atoms with Crippen molar-refractivity contribution in [1.82, 2.24) is 20.3 Å². The summed E-state index contributed by atoms with van der Waals surface area (Å²) in [6.45, 7) is 4.42. The molecule has 0 aromatic carbocycles. The van der Waals surface area contributed by atoms with E-state index in [0.717, 1.165) is 30.5 Å². The van der Waals surface area contributed by atoms with Gasteiger partial charge in [0.2, 0.25) is 0 Å². The quantitative estimate of drug-likeness (QED) is 0.818. The summed E-state index contributed by atoms with van der Waals surface area (Å²) in [7, 11) is 1.93. The number of hydrogen-bond donors (Lipinski definition) is 1. The van der Waals surface area contributed by atoms with E-state index in [1.165, 1.54) is 25.8 Å². The first kappa shape index (κ1) is 11.6. The molecule has 4 heteroatoms. The Morgan fingerprint density at radius 3 is 2.94 bits per heavy atom. The zero-order chi connectivity index (χ0) is 11.4. The molecule has 1 heterocycles. The highest BCUT2D eigenvalue weighted by atomic mass is 15.4. The Labute approximate surface area is 97.4 Å². The van der Waals surface area contributed by atoms with Gasteiger partial charge in [-0.3, -0.25) is 4.68 Å². The van der Waals surface area contributed by atoms with E-state index in [0.29, 0.717) is 0 Å². The van der Waals surface area contributed by atoms with Crippen LogP contribution in [0.4, 0.5) is 0 Å². The van der Waals surface area contributed by atoms with Gasteiger partial charge in [0.1, 0.15) is 0 Å². The average Bonchev–Trinajstić information content (AvgIpc) is 2.86. The Hall–Kier alpha value is -0.900. The maximum absolute atomic E-state index is 4.19. The molecular weight excluding hydrogens is 200 g/mol. The maximum Gasteiger partial charge on any atom is 0.0829 e. The highest BCUT2D eigenvalue weighted by Gasteiger charge is 2.27. The van der Waals surface area contributed by atoms with Crippen LogP contribution in [0, 0.1) is 11.8 Å². The molecule has 0 amide bonds. The van der Waals surface area contributed by atoms with Gasteiger partial charge in [-0.1, -0.05) is 18.6 Å². The van der Waals surface area contributed by atoms with E-state index in [4.69, 9.17) is 0 Å². The fraction of sp³-hybridized carbons (Fsp3) is 0.833. The van der Waals surface area contributed by atoms with Crippen LogP contribution in [0.15, 0.2) is 6.20 Å². The van der Waals surface area contributed by atoms with Crippen LogP contribution >= 0.6 is 0 Å². The predicted molar refractivity (Wildman–Crippen MR) is 64.1 cm³/mol. The van der Waals surface area contributed by atoms with Crippen molar-refractivity contribution in [2.75, 3.05) is 13.1 Å². The predicted octanol–water partition coefficient (Wildman–Crippen LogP) is 1.38. The summed E-state index contributed by atoms with van der Waals surface area (Å²) < 4.78 is 1.80. The smallest absolute Gasteiger partial charge is 0.0829 e. The van der Waals surface area contributed by atoms with Gasteiger partial charge in [0.05, 0.1) is 5.69 Å². The third-order valence-electron chi connectivity index (χ3n) is 3.59. The van der Waals surface area contributed by atoms with Gasteiger partial charge in [0, 0.05) is 13.2 Å². The molecule has 2 unspecified atom stereocenters. The van der Waals surface area contributed by atoms with Crippen LogP contribution in [0.3, 0.4) is 0 Å². The minimum atomic E-state index is 0.802. The molecule has 2 rings (SSSR count). The molecule has 0 aliphatic heterocycles. The number of aryl methyl sites for hydroxylation is 1. The van der Waals surface area contributed by atoms with Gasteiger partial charge >= 0.3 is 0 Å². The molecule has 90 valence electrons. The molecule has 0 radical (unpaired) electrons. The summed E-state index contributed by atoms with van der Waals surface area (Å²) in [4.78, 5) is 0. The zero-order valence-corrected chi connectivity index (χ0v) is 10.3. The van der Waals surface area contributed by atoms with Crippen LogP contribution in [-0.4, -0.2) is 28.1 Å². The highest BCUT2D eigenvalue weighted by molar-refractivity contribution is 4.96. The van der Waals surface area contributed by atoms with Crippen LogP contribution in [0.1, 0.15) is 31.9 Å². The van der Waals surface area contributed by atoms with Gasteiger partial charge in [0.15, 0.2) is 0 Å². The minimum absolute atomic E-state index is 0.802. The monoisotopic (exact) mass is 222 g/mol. The van der Waals surface area contributed by atoms with Crippen LogP contribution in [0.25, 0.3) is 0 Å². The average molecular weight is 222 g/mol. The van der Waals surface area contributed by atoms with Crippen LogP contribution in [0.2, 0.25) is 0 Å². The number of rotatable bonds is 5.